The number of nitrogen functional groups attached to an aromatic ring is 1. The van der Waals surface area contributed by atoms with Gasteiger partial charge in [0.05, 0.1) is 11.9 Å². The lowest BCUT2D eigenvalue weighted by atomic mass is 10.2. The van der Waals surface area contributed by atoms with Crippen molar-refractivity contribution in [1.29, 1.82) is 5.26 Å². The largest absolute Gasteiger partial charge is 0.382 e. The van der Waals surface area contributed by atoms with Crippen LogP contribution < -0.4 is 10.6 Å². The molecule has 0 unspecified atom stereocenters. The fourth-order valence-electron chi connectivity index (χ4n) is 2.34. The SMILES string of the molecule is N#Cc1cnc(SCC(=O)N2CCc3ccccc32)nc1N. The summed E-state index contributed by atoms with van der Waals surface area (Å²) >= 11 is 1.22. The molecule has 1 aliphatic heterocycles. The van der Waals surface area contributed by atoms with Gasteiger partial charge in [0, 0.05) is 12.2 Å². The minimum Gasteiger partial charge on any atom is -0.382 e. The first kappa shape index (κ1) is 14.4. The number of aromatic nitrogens is 2. The molecule has 2 heterocycles. The second-order valence-electron chi connectivity index (χ2n) is 4.78. The fourth-order valence-corrected chi connectivity index (χ4v) is 3.03. The first-order valence-corrected chi connectivity index (χ1v) is 7.71. The number of rotatable bonds is 3. The molecule has 2 N–H and O–H groups in total. The average Bonchev–Trinajstić information content (AvgIpc) is 2.97. The Hall–Kier alpha value is -2.59. The molecule has 0 saturated heterocycles. The number of carbonyl (C=O) groups is 1. The number of thioether (sulfide) groups is 1. The standard InChI is InChI=1S/C15H13N5OS/c16-7-11-8-18-15(19-14(11)17)22-9-13(21)20-6-5-10-3-1-2-4-12(10)20/h1-4,8H,5-6,9H2,(H2,17,18,19). The lowest BCUT2D eigenvalue weighted by Crippen LogP contribution is -2.30. The van der Waals surface area contributed by atoms with E-state index in [1.54, 1.807) is 4.90 Å². The van der Waals surface area contributed by atoms with Crippen LogP contribution in [0.2, 0.25) is 0 Å². The Bertz CT molecular complexity index is 771. The molecule has 1 aromatic carbocycles. The number of hydrogen-bond donors (Lipinski definition) is 1. The molecule has 1 aliphatic rings. The smallest absolute Gasteiger partial charge is 0.237 e. The summed E-state index contributed by atoms with van der Waals surface area (Å²) in [5, 5.41) is 9.19. The Morgan fingerprint density at radius 2 is 2.27 bits per heavy atom. The molecule has 2 aromatic rings. The molecule has 0 fully saturated rings. The van der Waals surface area contributed by atoms with E-state index in [1.807, 2.05) is 30.3 Å². The number of fused-ring (bicyclic) bond motifs is 1. The minimum absolute atomic E-state index is 0.0153. The van der Waals surface area contributed by atoms with Crippen LogP contribution in [0.15, 0.2) is 35.6 Å². The second kappa shape index (κ2) is 6.03. The van der Waals surface area contributed by atoms with Crippen LogP contribution in [0.4, 0.5) is 11.5 Å². The van der Waals surface area contributed by atoms with E-state index in [9.17, 15) is 4.79 Å². The molecule has 6 nitrogen and oxygen atoms in total. The zero-order valence-electron chi connectivity index (χ0n) is 11.7. The van der Waals surface area contributed by atoms with Crippen LogP contribution in [0.1, 0.15) is 11.1 Å². The molecular formula is C15H13N5OS. The Morgan fingerprint density at radius 3 is 3.05 bits per heavy atom. The molecule has 1 amide bonds. The number of hydrogen-bond acceptors (Lipinski definition) is 6. The number of nitriles is 1. The van der Waals surface area contributed by atoms with Crippen molar-refractivity contribution in [3.8, 4) is 6.07 Å². The molecule has 7 heteroatoms. The summed E-state index contributed by atoms with van der Waals surface area (Å²) in [7, 11) is 0. The van der Waals surface area contributed by atoms with Gasteiger partial charge >= 0.3 is 0 Å². The van der Waals surface area contributed by atoms with Gasteiger partial charge in [-0.2, -0.15) is 5.26 Å². The van der Waals surface area contributed by atoms with Crippen molar-refractivity contribution in [1.82, 2.24) is 9.97 Å². The highest BCUT2D eigenvalue weighted by Crippen LogP contribution is 2.28. The first-order valence-electron chi connectivity index (χ1n) is 6.72. The Morgan fingerprint density at radius 1 is 1.45 bits per heavy atom. The van der Waals surface area contributed by atoms with Gasteiger partial charge in [0.2, 0.25) is 5.91 Å². The number of amides is 1. The highest BCUT2D eigenvalue weighted by Gasteiger charge is 2.24. The molecule has 0 saturated carbocycles. The van der Waals surface area contributed by atoms with Crippen LogP contribution in [0, 0.1) is 11.3 Å². The summed E-state index contributed by atoms with van der Waals surface area (Å²) in [6.07, 6.45) is 2.26. The molecule has 0 aliphatic carbocycles. The molecule has 0 spiro atoms. The maximum absolute atomic E-state index is 12.4. The zero-order valence-corrected chi connectivity index (χ0v) is 12.5. The van der Waals surface area contributed by atoms with E-state index in [2.05, 4.69) is 9.97 Å². The zero-order chi connectivity index (χ0) is 15.5. The Balaban J connectivity index is 1.66. The van der Waals surface area contributed by atoms with Gasteiger partial charge in [-0.1, -0.05) is 30.0 Å². The predicted molar refractivity (Wildman–Crippen MR) is 84.4 cm³/mol. The number of benzene rings is 1. The van der Waals surface area contributed by atoms with Crippen LogP contribution in [-0.2, 0) is 11.2 Å². The fraction of sp³-hybridized carbons (Fsp3) is 0.200. The van der Waals surface area contributed by atoms with Gasteiger partial charge in [-0.05, 0) is 18.1 Å². The van der Waals surface area contributed by atoms with Gasteiger partial charge in [-0.25, -0.2) is 9.97 Å². The number of nitrogens with zero attached hydrogens (tertiary/aromatic N) is 4. The molecular weight excluding hydrogens is 298 g/mol. The molecule has 0 atom stereocenters. The van der Waals surface area contributed by atoms with Crippen LogP contribution in [-0.4, -0.2) is 28.2 Å². The monoisotopic (exact) mass is 311 g/mol. The van der Waals surface area contributed by atoms with Crippen molar-refractivity contribution < 1.29 is 4.79 Å². The van der Waals surface area contributed by atoms with E-state index in [1.165, 1.54) is 23.5 Å². The van der Waals surface area contributed by atoms with Gasteiger partial charge in [-0.15, -0.1) is 0 Å². The number of para-hydroxylation sites is 1. The van der Waals surface area contributed by atoms with Crippen LogP contribution in [0.3, 0.4) is 0 Å². The molecule has 110 valence electrons. The highest BCUT2D eigenvalue weighted by molar-refractivity contribution is 7.99. The summed E-state index contributed by atoms with van der Waals surface area (Å²) < 4.78 is 0. The quantitative estimate of drug-likeness (QED) is 0.683. The van der Waals surface area contributed by atoms with E-state index in [0.29, 0.717) is 11.7 Å². The summed E-state index contributed by atoms with van der Waals surface area (Å²) in [5.74, 6) is 0.389. The Kier molecular flexibility index (Phi) is 3.94. The van der Waals surface area contributed by atoms with E-state index in [4.69, 9.17) is 11.0 Å². The second-order valence-corrected chi connectivity index (χ2v) is 5.72. The van der Waals surface area contributed by atoms with Crippen LogP contribution in [0.5, 0.6) is 0 Å². The lowest BCUT2D eigenvalue weighted by molar-refractivity contribution is -0.116. The lowest BCUT2D eigenvalue weighted by Gasteiger charge is -2.16. The van der Waals surface area contributed by atoms with Crippen molar-refractivity contribution in [3.05, 3.63) is 41.6 Å². The normalized spacial score (nSPS) is 12.8. The maximum Gasteiger partial charge on any atom is 0.237 e. The average molecular weight is 311 g/mol. The van der Waals surface area contributed by atoms with E-state index in [0.717, 1.165) is 12.1 Å². The summed E-state index contributed by atoms with van der Waals surface area (Å²) in [5.41, 5.74) is 8.06. The number of anilines is 2. The molecule has 3 rings (SSSR count). The number of nitrogens with two attached hydrogens (primary N) is 1. The van der Waals surface area contributed by atoms with Crippen LogP contribution >= 0.6 is 11.8 Å². The molecule has 0 radical (unpaired) electrons. The van der Waals surface area contributed by atoms with Gasteiger partial charge in [0.25, 0.3) is 0 Å². The summed E-state index contributed by atoms with van der Waals surface area (Å²) in [4.78, 5) is 22.2. The third-order valence-electron chi connectivity index (χ3n) is 3.43. The van der Waals surface area contributed by atoms with E-state index < -0.39 is 0 Å². The minimum atomic E-state index is 0.0153. The Labute approximate surface area is 132 Å². The third kappa shape index (κ3) is 2.73. The van der Waals surface area contributed by atoms with Gasteiger partial charge in [0.1, 0.15) is 17.5 Å². The van der Waals surface area contributed by atoms with Crippen molar-refractivity contribution in [2.45, 2.75) is 11.6 Å². The van der Waals surface area contributed by atoms with Gasteiger partial charge in [-0.3, -0.25) is 4.79 Å². The maximum atomic E-state index is 12.4. The van der Waals surface area contributed by atoms with E-state index >= 15 is 0 Å². The topological polar surface area (TPSA) is 95.9 Å². The molecule has 22 heavy (non-hydrogen) atoms. The first-order chi connectivity index (χ1) is 10.7. The summed E-state index contributed by atoms with van der Waals surface area (Å²) in [6, 6.07) is 9.82. The molecule has 1 aromatic heterocycles. The van der Waals surface area contributed by atoms with Crippen molar-refractivity contribution in [3.63, 3.8) is 0 Å². The van der Waals surface area contributed by atoms with Crippen molar-refractivity contribution >= 4 is 29.2 Å². The molecule has 0 bridgehead atoms. The predicted octanol–water partition coefficient (Wildman–Crippen LogP) is 1.61. The van der Waals surface area contributed by atoms with Gasteiger partial charge in [0.15, 0.2) is 5.16 Å². The highest BCUT2D eigenvalue weighted by atomic mass is 32.2. The van der Waals surface area contributed by atoms with Crippen LogP contribution in [0.25, 0.3) is 0 Å². The van der Waals surface area contributed by atoms with Crippen molar-refractivity contribution in [2.24, 2.45) is 0 Å². The summed E-state index contributed by atoms with van der Waals surface area (Å²) in [6.45, 7) is 0.703. The number of carbonyl (C=O) groups excluding carboxylic acids is 1. The van der Waals surface area contributed by atoms with Crippen molar-refractivity contribution in [2.75, 3.05) is 22.9 Å². The van der Waals surface area contributed by atoms with E-state index in [-0.39, 0.29) is 23.0 Å². The third-order valence-corrected chi connectivity index (χ3v) is 4.28. The van der Waals surface area contributed by atoms with Gasteiger partial charge < -0.3 is 10.6 Å².